The molecule has 186 valence electrons. The second kappa shape index (κ2) is 18.1. The summed E-state index contributed by atoms with van der Waals surface area (Å²) in [5.41, 5.74) is 3.41. The van der Waals surface area contributed by atoms with Gasteiger partial charge in [-0.05, 0) is 50.5 Å². The highest BCUT2D eigenvalue weighted by atomic mass is 16.5. The zero-order valence-corrected chi connectivity index (χ0v) is 21.7. The van der Waals surface area contributed by atoms with Gasteiger partial charge in [0.25, 0.3) is 0 Å². The molecular formula is C29H52O3. The molecule has 0 amide bonds. The Kier molecular flexibility index (Phi) is 16.2. The largest absolute Gasteiger partial charge is 0.504 e. The third-order valence-corrected chi connectivity index (χ3v) is 6.56. The molecule has 0 spiro atoms. The predicted molar refractivity (Wildman–Crippen MR) is 138 cm³/mol. The van der Waals surface area contributed by atoms with Crippen LogP contribution in [-0.2, 0) is 19.3 Å². The summed E-state index contributed by atoms with van der Waals surface area (Å²) in [4.78, 5) is 0. The van der Waals surface area contributed by atoms with Gasteiger partial charge in [0.2, 0.25) is 5.75 Å². The van der Waals surface area contributed by atoms with Gasteiger partial charge in [-0.1, -0.05) is 98.3 Å². The second-order valence-corrected chi connectivity index (χ2v) is 9.45. The van der Waals surface area contributed by atoms with E-state index < -0.39 is 0 Å². The van der Waals surface area contributed by atoms with Crippen molar-refractivity contribution in [2.75, 3.05) is 6.61 Å². The van der Waals surface area contributed by atoms with Crippen molar-refractivity contribution in [2.45, 2.75) is 143 Å². The van der Waals surface area contributed by atoms with Crippen molar-refractivity contribution in [3.05, 3.63) is 16.7 Å². The zero-order chi connectivity index (χ0) is 23.6. The lowest BCUT2D eigenvalue weighted by Crippen LogP contribution is -2.08. The van der Waals surface area contributed by atoms with Crippen LogP contribution in [0.1, 0.15) is 141 Å². The Hall–Kier alpha value is -1.38. The van der Waals surface area contributed by atoms with E-state index in [9.17, 15) is 10.2 Å². The second-order valence-electron chi connectivity index (χ2n) is 9.45. The molecule has 0 aliphatic rings. The van der Waals surface area contributed by atoms with Crippen LogP contribution in [0.25, 0.3) is 0 Å². The van der Waals surface area contributed by atoms with Crippen LogP contribution >= 0.6 is 0 Å². The number of ether oxygens (including phenoxy) is 1. The molecule has 0 radical (unpaired) electrons. The summed E-state index contributed by atoms with van der Waals surface area (Å²) < 4.78 is 6.20. The number of aromatic hydroxyl groups is 2. The van der Waals surface area contributed by atoms with Gasteiger partial charge in [-0.15, -0.1) is 0 Å². The minimum atomic E-state index is -0.0202. The summed E-state index contributed by atoms with van der Waals surface area (Å²) in [6.45, 7) is 9.51. The molecule has 1 aromatic carbocycles. The van der Waals surface area contributed by atoms with Gasteiger partial charge in [-0.25, -0.2) is 0 Å². The average Bonchev–Trinajstić information content (AvgIpc) is 2.79. The normalized spacial score (nSPS) is 11.2. The fourth-order valence-corrected chi connectivity index (χ4v) is 4.56. The first-order valence-corrected chi connectivity index (χ1v) is 13.8. The highest BCUT2D eigenvalue weighted by molar-refractivity contribution is 5.62. The van der Waals surface area contributed by atoms with Gasteiger partial charge < -0.3 is 14.9 Å². The Labute approximate surface area is 199 Å². The third kappa shape index (κ3) is 10.0. The SMILES string of the molecule is CCCCCCCCOc1c(O)c(O)c(CCCCC)c(CCCCC)c1CCCCC. The van der Waals surface area contributed by atoms with E-state index in [2.05, 4.69) is 27.7 Å². The van der Waals surface area contributed by atoms with E-state index in [1.54, 1.807) is 0 Å². The molecule has 0 unspecified atom stereocenters. The van der Waals surface area contributed by atoms with E-state index >= 15 is 0 Å². The highest BCUT2D eigenvalue weighted by Crippen LogP contribution is 2.46. The summed E-state index contributed by atoms with van der Waals surface area (Å²) in [5, 5.41) is 21.9. The first kappa shape index (κ1) is 28.7. The number of hydrogen-bond donors (Lipinski definition) is 2. The van der Waals surface area contributed by atoms with E-state index in [0.29, 0.717) is 12.4 Å². The van der Waals surface area contributed by atoms with Crippen molar-refractivity contribution >= 4 is 0 Å². The number of unbranched alkanes of at least 4 members (excludes halogenated alkanes) is 11. The minimum absolute atomic E-state index is 0.0202. The lowest BCUT2D eigenvalue weighted by molar-refractivity contribution is 0.278. The molecule has 3 nitrogen and oxygen atoms in total. The van der Waals surface area contributed by atoms with Crippen LogP contribution in [0, 0.1) is 0 Å². The predicted octanol–water partition coefficient (Wildman–Crippen LogP) is 9.04. The third-order valence-electron chi connectivity index (χ3n) is 6.56. The number of phenols is 2. The molecule has 0 fully saturated rings. The summed E-state index contributed by atoms with van der Waals surface area (Å²) in [6.07, 6.45) is 20.3. The van der Waals surface area contributed by atoms with Crippen molar-refractivity contribution < 1.29 is 14.9 Å². The van der Waals surface area contributed by atoms with Crippen LogP contribution in [0.3, 0.4) is 0 Å². The van der Waals surface area contributed by atoms with E-state index in [-0.39, 0.29) is 11.5 Å². The molecule has 0 heterocycles. The lowest BCUT2D eigenvalue weighted by Gasteiger charge is -2.22. The van der Waals surface area contributed by atoms with Crippen LogP contribution in [0.15, 0.2) is 0 Å². The van der Waals surface area contributed by atoms with Gasteiger partial charge >= 0.3 is 0 Å². The Morgan fingerprint density at radius 3 is 1.47 bits per heavy atom. The molecule has 2 N–H and O–H groups in total. The van der Waals surface area contributed by atoms with Crippen LogP contribution in [0.2, 0.25) is 0 Å². The summed E-state index contributed by atoms with van der Waals surface area (Å²) in [5.74, 6) is 0.621. The van der Waals surface area contributed by atoms with E-state index in [1.807, 2.05) is 0 Å². The van der Waals surface area contributed by atoms with Gasteiger partial charge in [0.15, 0.2) is 11.5 Å². The molecule has 0 aromatic heterocycles. The molecule has 0 saturated heterocycles. The Morgan fingerprint density at radius 1 is 0.469 bits per heavy atom. The molecule has 1 rings (SSSR count). The van der Waals surface area contributed by atoms with Crippen LogP contribution < -0.4 is 4.74 Å². The van der Waals surface area contributed by atoms with Crippen molar-refractivity contribution in [3.63, 3.8) is 0 Å². The molecule has 0 bridgehead atoms. The standard InChI is InChI=1S/C29H52O3/c1-5-9-13-14-15-19-23-32-29-26(22-18-12-8-4)24(20-16-10-6-2)25(21-17-11-7-3)27(30)28(29)31/h30-31H,5-23H2,1-4H3. The Balaban J connectivity index is 3.13. The summed E-state index contributed by atoms with van der Waals surface area (Å²) >= 11 is 0. The maximum Gasteiger partial charge on any atom is 0.201 e. The van der Waals surface area contributed by atoms with Gasteiger partial charge in [0.05, 0.1) is 6.61 Å². The summed E-state index contributed by atoms with van der Waals surface area (Å²) in [6, 6.07) is 0. The molecule has 0 atom stereocenters. The quantitative estimate of drug-likeness (QED) is 0.154. The first-order valence-electron chi connectivity index (χ1n) is 13.8. The van der Waals surface area contributed by atoms with Crippen molar-refractivity contribution in [3.8, 4) is 17.2 Å². The number of phenolic OH excluding ortho intramolecular Hbond substituents is 2. The Morgan fingerprint density at radius 2 is 0.906 bits per heavy atom. The fraction of sp³-hybridized carbons (Fsp3) is 0.793. The molecule has 1 aromatic rings. The minimum Gasteiger partial charge on any atom is -0.504 e. The zero-order valence-electron chi connectivity index (χ0n) is 21.7. The Bertz CT molecular complexity index is 609. The van der Waals surface area contributed by atoms with E-state index in [0.717, 1.165) is 69.8 Å². The van der Waals surface area contributed by atoms with Crippen LogP contribution in [0.5, 0.6) is 17.2 Å². The van der Waals surface area contributed by atoms with Crippen LogP contribution in [0.4, 0.5) is 0 Å². The molecular weight excluding hydrogens is 396 g/mol. The van der Waals surface area contributed by atoms with Crippen LogP contribution in [-0.4, -0.2) is 16.8 Å². The monoisotopic (exact) mass is 448 g/mol. The maximum absolute atomic E-state index is 11.0. The van der Waals surface area contributed by atoms with E-state index in [4.69, 9.17) is 4.74 Å². The molecule has 0 aliphatic heterocycles. The lowest BCUT2D eigenvalue weighted by atomic mass is 9.88. The van der Waals surface area contributed by atoms with Gasteiger partial charge in [0, 0.05) is 11.1 Å². The van der Waals surface area contributed by atoms with Crippen molar-refractivity contribution in [1.82, 2.24) is 0 Å². The first-order chi connectivity index (χ1) is 15.6. The van der Waals surface area contributed by atoms with Crippen molar-refractivity contribution in [2.24, 2.45) is 0 Å². The molecule has 0 aliphatic carbocycles. The number of benzene rings is 1. The number of rotatable bonds is 20. The van der Waals surface area contributed by atoms with Gasteiger partial charge in [0.1, 0.15) is 0 Å². The average molecular weight is 449 g/mol. The fourth-order valence-electron chi connectivity index (χ4n) is 4.56. The summed E-state index contributed by atoms with van der Waals surface area (Å²) in [7, 11) is 0. The topological polar surface area (TPSA) is 49.7 Å². The number of hydrogen-bond acceptors (Lipinski definition) is 3. The van der Waals surface area contributed by atoms with E-state index in [1.165, 1.54) is 62.5 Å². The maximum atomic E-state index is 11.0. The highest BCUT2D eigenvalue weighted by Gasteiger charge is 2.24. The van der Waals surface area contributed by atoms with Crippen molar-refractivity contribution in [1.29, 1.82) is 0 Å². The molecule has 32 heavy (non-hydrogen) atoms. The van der Waals surface area contributed by atoms with Gasteiger partial charge in [-0.2, -0.15) is 0 Å². The molecule has 0 saturated carbocycles. The van der Waals surface area contributed by atoms with Gasteiger partial charge in [-0.3, -0.25) is 0 Å². The smallest absolute Gasteiger partial charge is 0.201 e. The molecule has 3 heteroatoms.